The van der Waals surface area contributed by atoms with Crippen molar-refractivity contribution in [1.29, 1.82) is 5.26 Å². The molecule has 0 spiro atoms. The summed E-state index contributed by atoms with van der Waals surface area (Å²) in [5.74, 6) is 1.66. The van der Waals surface area contributed by atoms with Gasteiger partial charge in [-0.25, -0.2) is 4.98 Å². The molecule has 0 unspecified atom stereocenters. The van der Waals surface area contributed by atoms with Crippen molar-refractivity contribution in [3.63, 3.8) is 0 Å². The summed E-state index contributed by atoms with van der Waals surface area (Å²) >= 11 is 7.44. The summed E-state index contributed by atoms with van der Waals surface area (Å²) < 4.78 is 5.60. The first-order valence-electron chi connectivity index (χ1n) is 6.15. The minimum absolute atomic E-state index is 0.613. The van der Waals surface area contributed by atoms with Crippen LogP contribution in [0.4, 0.5) is 0 Å². The van der Waals surface area contributed by atoms with Gasteiger partial charge in [-0.2, -0.15) is 5.26 Å². The van der Waals surface area contributed by atoms with Crippen LogP contribution >= 0.6 is 23.4 Å². The Bertz CT molecular complexity index is 596. The van der Waals surface area contributed by atoms with Crippen LogP contribution in [0.15, 0.2) is 47.6 Å². The van der Waals surface area contributed by atoms with E-state index in [9.17, 15) is 0 Å². The molecule has 0 fully saturated rings. The number of nitriles is 1. The Morgan fingerprint density at radius 2 is 2.20 bits per heavy atom. The summed E-state index contributed by atoms with van der Waals surface area (Å²) in [7, 11) is 0. The van der Waals surface area contributed by atoms with Gasteiger partial charge in [-0.3, -0.25) is 0 Å². The van der Waals surface area contributed by atoms with Crippen molar-refractivity contribution in [3.8, 4) is 11.8 Å². The standard InChI is InChI=1S/C15H13ClN2OS/c16-13-5-6-15(18-11-13)20-8-2-7-19-14-4-1-3-12(9-14)10-17/h1,3-6,9,11H,2,7-8H2. The average Bonchev–Trinajstić information content (AvgIpc) is 2.49. The number of rotatable bonds is 6. The van der Waals surface area contributed by atoms with Gasteiger partial charge in [0, 0.05) is 11.9 Å². The number of hydrogen-bond donors (Lipinski definition) is 0. The lowest BCUT2D eigenvalue weighted by Crippen LogP contribution is -1.99. The third-order valence-electron chi connectivity index (χ3n) is 2.47. The smallest absolute Gasteiger partial charge is 0.120 e. The number of pyridine rings is 1. The molecule has 1 aromatic heterocycles. The van der Waals surface area contributed by atoms with E-state index in [1.54, 1.807) is 30.1 Å². The van der Waals surface area contributed by atoms with Gasteiger partial charge in [0.2, 0.25) is 0 Å². The fraction of sp³-hybridized carbons (Fsp3) is 0.200. The molecule has 1 heterocycles. The molecule has 0 radical (unpaired) electrons. The van der Waals surface area contributed by atoms with E-state index >= 15 is 0 Å². The van der Waals surface area contributed by atoms with Crippen molar-refractivity contribution >= 4 is 23.4 Å². The van der Waals surface area contributed by atoms with Crippen LogP contribution in [0.25, 0.3) is 0 Å². The normalized spacial score (nSPS) is 10.0. The Labute approximate surface area is 127 Å². The second-order valence-electron chi connectivity index (χ2n) is 4.00. The molecule has 3 nitrogen and oxygen atoms in total. The lowest BCUT2D eigenvalue weighted by Gasteiger charge is -2.06. The van der Waals surface area contributed by atoms with E-state index in [2.05, 4.69) is 11.1 Å². The van der Waals surface area contributed by atoms with Crippen LogP contribution in [0.1, 0.15) is 12.0 Å². The quantitative estimate of drug-likeness (QED) is 0.593. The summed E-state index contributed by atoms with van der Waals surface area (Å²) in [6.07, 6.45) is 2.56. The Kier molecular flexibility index (Phi) is 5.72. The fourth-order valence-corrected chi connectivity index (χ4v) is 2.40. The van der Waals surface area contributed by atoms with Gasteiger partial charge in [-0.05, 0) is 36.8 Å². The number of aromatic nitrogens is 1. The molecule has 0 saturated carbocycles. The van der Waals surface area contributed by atoms with Crippen LogP contribution < -0.4 is 4.74 Å². The largest absolute Gasteiger partial charge is 0.494 e. The number of benzene rings is 1. The summed E-state index contributed by atoms with van der Waals surface area (Å²) in [5.41, 5.74) is 0.613. The minimum atomic E-state index is 0.613. The maximum atomic E-state index is 8.79. The highest BCUT2D eigenvalue weighted by atomic mass is 35.5. The third-order valence-corrected chi connectivity index (χ3v) is 3.72. The maximum Gasteiger partial charge on any atom is 0.120 e. The third kappa shape index (κ3) is 4.76. The first kappa shape index (κ1) is 14.7. The van der Waals surface area contributed by atoms with Crippen LogP contribution in [0, 0.1) is 11.3 Å². The van der Waals surface area contributed by atoms with Crippen molar-refractivity contribution < 1.29 is 4.74 Å². The van der Waals surface area contributed by atoms with Gasteiger partial charge in [-0.1, -0.05) is 17.7 Å². The Morgan fingerprint density at radius 1 is 1.30 bits per heavy atom. The van der Waals surface area contributed by atoms with E-state index in [4.69, 9.17) is 21.6 Å². The second kappa shape index (κ2) is 7.78. The molecular formula is C15H13ClN2OS. The van der Waals surface area contributed by atoms with Gasteiger partial charge in [0.15, 0.2) is 0 Å². The van der Waals surface area contributed by atoms with Crippen LogP contribution in [0.5, 0.6) is 5.75 Å². The van der Waals surface area contributed by atoms with Crippen molar-refractivity contribution in [1.82, 2.24) is 4.98 Å². The zero-order valence-electron chi connectivity index (χ0n) is 10.8. The highest BCUT2D eigenvalue weighted by Gasteiger charge is 1.98. The van der Waals surface area contributed by atoms with Gasteiger partial charge in [0.25, 0.3) is 0 Å². The summed E-state index contributed by atoms with van der Waals surface area (Å²) in [5, 5.41) is 10.4. The van der Waals surface area contributed by atoms with Crippen LogP contribution in [-0.2, 0) is 0 Å². The maximum absolute atomic E-state index is 8.79. The van der Waals surface area contributed by atoms with Crippen molar-refractivity contribution in [2.45, 2.75) is 11.4 Å². The van der Waals surface area contributed by atoms with Crippen molar-refractivity contribution in [2.24, 2.45) is 0 Å². The number of nitrogens with zero attached hydrogens (tertiary/aromatic N) is 2. The molecule has 102 valence electrons. The first-order valence-corrected chi connectivity index (χ1v) is 7.51. The molecule has 5 heteroatoms. The van der Waals surface area contributed by atoms with Crippen LogP contribution in [-0.4, -0.2) is 17.3 Å². The summed E-state index contributed by atoms with van der Waals surface area (Å²) in [4.78, 5) is 4.21. The van der Waals surface area contributed by atoms with Gasteiger partial charge >= 0.3 is 0 Å². The van der Waals surface area contributed by atoms with E-state index in [1.807, 2.05) is 24.3 Å². The fourth-order valence-electron chi connectivity index (χ4n) is 1.53. The predicted octanol–water partition coefficient (Wildman–Crippen LogP) is 4.17. The van der Waals surface area contributed by atoms with E-state index < -0.39 is 0 Å². The molecule has 0 bridgehead atoms. The molecule has 20 heavy (non-hydrogen) atoms. The number of hydrogen-bond acceptors (Lipinski definition) is 4. The van der Waals surface area contributed by atoms with Gasteiger partial charge in [0.05, 0.1) is 28.3 Å². The van der Waals surface area contributed by atoms with E-state index in [0.717, 1.165) is 22.9 Å². The van der Waals surface area contributed by atoms with Crippen molar-refractivity contribution in [2.75, 3.05) is 12.4 Å². The molecular weight excluding hydrogens is 292 g/mol. The zero-order chi connectivity index (χ0) is 14.2. The highest BCUT2D eigenvalue weighted by Crippen LogP contribution is 2.18. The lowest BCUT2D eigenvalue weighted by molar-refractivity contribution is 0.318. The van der Waals surface area contributed by atoms with E-state index in [0.29, 0.717) is 17.2 Å². The number of ether oxygens (including phenoxy) is 1. The topological polar surface area (TPSA) is 45.9 Å². The molecule has 0 N–H and O–H groups in total. The van der Waals surface area contributed by atoms with Crippen LogP contribution in [0.2, 0.25) is 5.02 Å². The number of thioether (sulfide) groups is 1. The van der Waals surface area contributed by atoms with Gasteiger partial charge < -0.3 is 4.74 Å². The predicted molar refractivity (Wildman–Crippen MR) is 81.2 cm³/mol. The van der Waals surface area contributed by atoms with E-state index in [-0.39, 0.29) is 0 Å². The molecule has 1 aromatic carbocycles. The molecule has 2 aromatic rings. The molecule has 0 saturated heterocycles. The van der Waals surface area contributed by atoms with Gasteiger partial charge in [-0.15, -0.1) is 11.8 Å². The van der Waals surface area contributed by atoms with Crippen LogP contribution in [0.3, 0.4) is 0 Å². The minimum Gasteiger partial charge on any atom is -0.494 e. The van der Waals surface area contributed by atoms with E-state index in [1.165, 1.54) is 0 Å². The Hall–Kier alpha value is -1.70. The zero-order valence-corrected chi connectivity index (χ0v) is 12.3. The first-order chi connectivity index (χ1) is 9.78. The Balaban J connectivity index is 1.69. The molecule has 0 aliphatic heterocycles. The molecule has 0 atom stereocenters. The molecule has 0 aliphatic rings. The average molecular weight is 305 g/mol. The number of halogens is 1. The molecule has 2 rings (SSSR count). The van der Waals surface area contributed by atoms with Gasteiger partial charge in [0.1, 0.15) is 5.75 Å². The Morgan fingerprint density at radius 3 is 2.95 bits per heavy atom. The molecule has 0 aliphatic carbocycles. The molecule has 0 amide bonds. The highest BCUT2D eigenvalue weighted by molar-refractivity contribution is 7.99. The second-order valence-corrected chi connectivity index (χ2v) is 5.56. The summed E-state index contributed by atoms with van der Waals surface area (Å²) in [6.45, 7) is 0.621. The van der Waals surface area contributed by atoms with Crippen molar-refractivity contribution in [3.05, 3.63) is 53.2 Å². The lowest BCUT2D eigenvalue weighted by atomic mass is 10.2. The summed E-state index contributed by atoms with van der Waals surface area (Å²) in [6, 6.07) is 13.0. The monoisotopic (exact) mass is 304 g/mol. The SMILES string of the molecule is N#Cc1cccc(OCCCSc2ccc(Cl)cn2)c1.